The summed E-state index contributed by atoms with van der Waals surface area (Å²) in [5.74, 6) is 0.403. The first-order chi connectivity index (χ1) is 7.27. The van der Waals surface area contributed by atoms with Gasteiger partial charge in [0.15, 0.2) is 0 Å². The Labute approximate surface area is 93.8 Å². The van der Waals surface area contributed by atoms with Gasteiger partial charge in [0.1, 0.15) is 5.78 Å². The molecule has 1 fully saturated rings. The lowest BCUT2D eigenvalue weighted by Gasteiger charge is -2.21. The number of carbonyl (C=O) groups excluding carboxylic acids is 1. The summed E-state index contributed by atoms with van der Waals surface area (Å²) in [7, 11) is 0. The van der Waals surface area contributed by atoms with Crippen molar-refractivity contribution in [1.29, 1.82) is 0 Å². The minimum Gasteiger partial charge on any atom is -0.316 e. The summed E-state index contributed by atoms with van der Waals surface area (Å²) < 4.78 is 0. The standard InChI is InChI=1S/C11H13ClN2O/c12-10-7-14-3-1-8(10)5-9-6-13-4-2-11(9)15/h1,3,7,9,13H,2,4-6H2. The van der Waals surface area contributed by atoms with Crippen LogP contribution in [-0.2, 0) is 11.2 Å². The number of pyridine rings is 1. The molecule has 0 saturated carbocycles. The van der Waals surface area contributed by atoms with E-state index < -0.39 is 0 Å². The van der Waals surface area contributed by atoms with Crippen LogP contribution < -0.4 is 5.32 Å². The van der Waals surface area contributed by atoms with E-state index in [0.717, 1.165) is 18.7 Å². The van der Waals surface area contributed by atoms with Crippen LogP contribution in [0.4, 0.5) is 0 Å². The van der Waals surface area contributed by atoms with E-state index in [0.29, 0.717) is 23.6 Å². The average molecular weight is 225 g/mol. The minimum absolute atomic E-state index is 0.0682. The van der Waals surface area contributed by atoms with Crippen molar-refractivity contribution in [3.05, 3.63) is 29.0 Å². The van der Waals surface area contributed by atoms with Gasteiger partial charge in [-0.05, 0) is 18.1 Å². The molecule has 0 bridgehead atoms. The maximum absolute atomic E-state index is 11.6. The van der Waals surface area contributed by atoms with E-state index in [1.807, 2.05) is 6.07 Å². The fourth-order valence-corrected chi connectivity index (χ4v) is 2.02. The van der Waals surface area contributed by atoms with Crippen molar-refractivity contribution in [3.8, 4) is 0 Å². The summed E-state index contributed by atoms with van der Waals surface area (Å²) in [5.41, 5.74) is 1.01. The summed E-state index contributed by atoms with van der Waals surface area (Å²) in [6.45, 7) is 1.57. The number of ketones is 1. The maximum Gasteiger partial charge on any atom is 0.138 e. The molecule has 80 valence electrons. The van der Waals surface area contributed by atoms with E-state index in [4.69, 9.17) is 11.6 Å². The third-order valence-corrected chi connectivity index (χ3v) is 3.06. The van der Waals surface area contributed by atoms with Gasteiger partial charge in [-0.1, -0.05) is 11.6 Å². The number of rotatable bonds is 2. The lowest BCUT2D eigenvalue weighted by atomic mass is 9.91. The predicted octanol–water partition coefficient (Wildman–Crippen LogP) is 1.46. The van der Waals surface area contributed by atoms with Gasteiger partial charge < -0.3 is 5.32 Å². The first kappa shape index (κ1) is 10.6. The highest BCUT2D eigenvalue weighted by molar-refractivity contribution is 6.31. The molecular weight excluding hydrogens is 212 g/mol. The van der Waals surface area contributed by atoms with Crippen molar-refractivity contribution >= 4 is 17.4 Å². The van der Waals surface area contributed by atoms with Crippen molar-refractivity contribution in [1.82, 2.24) is 10.3 Å². The molecule has 3 nitrogen and oxygen atoms in total. The molecule has 1 aromatic heterocycles. The number of hydrogen-bond acceptors (Lipinski definition) is 3. The summed E-state index contributed by atoms with van der Waals surface area (Å²) in [6, 6.07) is 1.88. The predicted molar refractivity (Wildman–Crippen MR) is 58.9 cm³/mol. The third kappa shape index (κ3) is 2.55. The van der Waals surface area contributed by atoms with Gasteiger partial charge >= 0.3 is 0 Å². The molecule has 1 saturated heterocycles. The largest absolute Gasteiger partial charge is 0.316 e. The van der Waals surface area contributed by atoms with Crippen LogP contribution in [-0.4, -0.2) is 23.9 Å². The molecule has 1 aliphatic heterocycles. The number of carbonyl (C=O) groups is 1. The topological polar surface area (TPSA) is 42.0 Å². The number of nitrogens with zero attached hydrogens (tertiary/aromatic N) is 1. The van der Waals surface area contributed by atoms with Crippen molar-refractivity contribution in [2.45, 2.75) is 12.8 Å². The highest BCUT2D eigenvalue weighted by Gasteiger charge is 2.22. The zero-order chi connectivity index (χ0) is 10.7. The van der Waals surface area contributed by atoms with Gasteiger partial charge in [-0.25, -0.2) is 0 Å². The molecule has 2 rings (SSSR count). The van der Waals surface area contributed by atoms with Gasteiger partial charge in [-0.15, -0.1) is 0 Å². The van der Waals surface area contributed by atoms with E-state index in [9.17, 15) is 4.79 Å². The van der Waals surface area contributed by atoms with Crippen LogP contribution >= 0.6 is 11.6 Å². The molecule has 15 heavy (non-hydrogen) atoms. The van der Waals surface area contributed by atoms with Crippen molar-refractivity contribution in [2.75, 3.05) is 13.1 Å². The molecule has 1 aromatic rings. The van der Waals surface area contributed by atoms with E-state index in [-0.39, 0.29) is 5.92 Å². The molecule has 1 aliphatic rings. The van der Waals surface area contributed by atoms with Gasteiger partial charge in [-0.3, -0.25) is 9.78 Å². The van der Waals surface area contributed by atoms with E-state index in [2.05, 4.69) is 10.3 Å². The summed E-state index contributed by atoms with van der Waals surface area (Å²) in [4.78, 5) is 15.5. The van der Waals surface area contributed by atoms with Crippen LogP contribution in [0, 0.1) is 5.92 Å². The normalized spacial score (nSPS) is 21.7. The lowest BCUT2D eigenvalue weighted by molar-refractivity contribution is -0.123. The highest BCUT2D eigenvalue weighted by atomic mass is 35.5. The molecule has 0 aliphatic carbocycles. The quantitative estimate of drug-likeness (QED) is 0.827. The molecule has 1 atom stereocenters. The molecule has 0 aromatic carbocycles. The van der Waals surface area contributed by atoms with Crippen LogP contribution in [0.25, 0.3) is 0 Å². The third-order valence-electron chi connectivity index (χ3n) is 2.72. The molecule has 0 radical (unpaired) electrons. The molecule has 1 unspecified atom stereocenters. The summed E-state index contributed by atoms with van der Waals surface area (Å²) in [5, 5.41) is 3.87. The fraction of sp³-hybridized carbons (Fsp3) is 0.455. The molecule has 1 N–H and O–H groups in total. The smallest absolute Gasteiger partial charge is 0.138 e. The van der Waals surface area contributed by atoms with Crippen LogP contribution in [0.2, 0.25) is 5.02 Å². The Morgan fingerprint density at radius 1 is 1.60 bits per heavy atom. The monoisotopic (exact) mass is 224 g/mol. The number of aromatic nitrogens is 1. The van der Waals surface area contributed by atoms with Crippen LogP contribution in [0.1, 0.15) is 12.0 Å². The first-order valence-corrected chi connectivity index (χ1v) is 5.47. The van der Waals surface area contributed by atoms with Crippen molar-refractivity contribution < 1.29 is 4.79 Å². The second kappa shape index (κ2) is 4.73. The van der Waals surface area contributed by atoms with Crippen LogP contribution in [0.5, 0.6) is 0 Å². The Bertz CT molecular complexity index is 367. The van der Waals surface area contributed by atoms with Crippen LogP contribution in [0.3, 0.4) is 0 Å². The molecule has 2 heterocycles. The zero-order valence-electron chi connectivity index (χ0n) is 8.37. The molecule has 4 heteroatoms. The van der Waals surface area contributed by atoms with E-state index >= 15 is 0 Å². The second-order valence-corrected chi connectivity index (χ2v) is 4.20. The Morgan fingerprint density at radius 3 is 3.20 bits per heavy atom. The number of halogens is 1. The summed E-state index contributed by atoms with van der Waals surface area (Å²) >= 11 is 6.00. The van der Waals surface area contributed by atoms with Crippen molar-refractivity contribution in [2.24, 2.45) is 5.92 Å². The fourth-order valence-electron chi connectivity index (χ4n) is 1.83. The lowest BCUT2D eigenvalue weighted by Crippen LogP contribution is -2.37. The van der Waals surface area contributed by atoms with Crippen molar-refractivity contribution in [3.63, 3.8) is 0 Å². The van der Waals surface area contributed by atoms with E-state index in [1.165, 1.54) is 0 Å². The van der Waals surface area contributed by atoms with Crippen LogP contribution in [0.15, 0.2) is 18.5 Å². The second-order valence-electron chi connectivity index (χ2n) is 3.79. The number of nitrogens with one attached hydrogen (secondary N) is 1. The highest BCUT2D eigenvalue weighted by Crippen LogP contribution is 2.19. The average Bonchev–Trinajstić information content (AvgIpc) is 2.24. The maximum atomic E-state index is 11.6. The Kier molecular flexibility index (Phi) is 3.34. The molecular formula is C11H13ClN2O. The van der Waals surface area contributed by atoms with Gasteiger partial charge in [0, 0.05) is 37.8 Å². The number of piperidine rings is 1. The Balaban J connectivity index is 2.08. The SMILES string of the molecule is O=C1CCNCC1Cc1ccncc1Cl. The summed E-state index contributed by atoms with van der Waals surface area (Å²) in [6.07, 6.45) is 4.68. The molecule has 0 spiro atoms. The number of hydrogen-bond donors (Lipinski definition) is 1. The van der Waals surface area contributed by atoms with Gasteiger partial charge in [0.05, 0.1) is 5.02 Å². The molecule has 0 amide bonds. The van der Waals surface area contributed by atoms with Gasteiger partial charge in [0.2, 0.25) is 0 Å². The first-order valence-electron chi connectivity index (χ1n) is 5.09. The minimum atomic E-state index is 0.0682. The van der Waals surface area contributed by atoms with Gasteiger partial charge in [-0.2, -0.15) is 0 Å². The Hall–Kier alpha value is -0.930. The zero-order valence-corrected chi connectivity index (χ0v) is 9.13. The van der Waals surface area contributed by atoms with Gasteiger partial charge in [0.25, 0.3) is 0 Å². The Morgan fingerprint density at radius 2 is 2.47 bits per heavy atom. The van der Waals surface area contributed by atoms with E-state index in [1.54, 1.807) is 12.4 Å². The number of Topliss-reactive ketones (excluding diaryl/α,β-unsaturated/α-hetero) is 1.